The van der Waals surface area contributed by atoms with Gasteiger partial charge in [0.15, 0.2) is 0 Å². The Balaban J connectivity index is 1.45. The van der Waals surface area contributed by atoms with Crippen molar-refractivity contribution in [1.82, 2.24) is 15.0 Å². The van der Waals surface area contributed by atoms with Gasteiger partial charge in [-0.1, -0.05) is 59.3 Å². The number of hydrogen-bond donors (Lipinski definition) is 1. The number of aromatic nitrogens is 2. The van der Waals surface area contributed by atoms with Gasteiger partial charge in [-0.15, -0.1) is 0 Å². The molecule has 1 fully saturated rings. The third-order valence-electron chi connectivity index (χ3n) is 4.87. The van der Waals surface area contributed by atoms with Gasteiger partial charge in [-0.25, -0.2) is 0 Å². The van der Waals surface area contributed by atoms with Gasteiger partial charge in [0.2, 0.25) is 11.7 Å². The molecule has 1 saturated heterocycles. The second-order valence-electron chi connectivity index (χ2n) is 6.93. The number of ether oxygens (including phenoxy) is 1. The fourth-order valence-electron chi connectivity index (χ4n) is 3.17. The summed E-state index contributed by atoms with van der Waals surface area (Å²) in [5.74, 6) is 0.983. The van der Waals surface area contributed by atoms with Crippen LogP contribution in [-0.2, 0) is 11.3 Å². The molecule has 6 nitrogen and oxygen atoms in total. The number of aryl methyl sites for hydroxylation is 1. The Labute approximate surface area is 158 Å². The summed E-state index contributed by atoms with van der Waals surface area (Å²) in [6, 6.07) is 15.9. The molecule has 1 aliphatic heterocycles. The molecule has 6 heteroatoms. The lowest BCUT2D eigenvalue weighted by Gasteiger charge is -2.26. The second-order valence-corrected chi connectivity index (χ2v) is 6.93. The van der Waals surface area contributed by atoms with Gasteiger partial charge in [0, 0.05) is 25.2 Å². The molecule has 140 valence electrons. The molecular weight excluding hydrogens is 340 g/mol. The molecule has 0 amide bonds. The molecular formula is C21H24N4O2. The predicted molar refractivity (Wildman–Crippen MR) is 103 cm³/mol. The van der Waals surface area contributed by atoms with Crippen LogP contribution in [0, 0.1) is 6.92 Å². The fraction of sp³-hybridized carbons (Fsp3) is 0.333. The Morgan fingerprint density at radius 3 is 2.44 bits per heavy atom. The summed E-state index contributed by atoms with van der Waals surface area (Å²) in [6.07, 6.45) is 0. The van der Waals surface area contributed by atoms with Crippen molar-refractivity contribution in [2.45, 2.75) is 19.5 Å². The Hall–Kier alpha value is -2.54. The number of morpholine rings is 1. The van der Waals surface area contributed by atoms with Crippen molar-refractivity contribution in [2.24, 2.45) is 5.73 Å². The van der Waals surface area contributed by atoms with Crippen LogP contribution in [0.1, 0.15) is 28.6 Å². The molecule has 1 aromatic heterocycles. The van der Waals surface area contributed by atoms with Crippen molar-refractivity contribution >= 4 is 0 Å². The first-order chi connectivity index (χ1) is 13.2. The van der Waals surface area contributed by atoms with Crippen LogP contribution in [-0.4, -0.2) is 41.3 Å². The van der Waals surface area contributed by atoms with Gasteiger partial charge < -0.3 is 15.0 Å². The van der Waals surface area contributed by atoms with E-state index in [1.165, 1.54) is 11.1 Å². The molecule has 4 rings (SSSR count). The van der Waals surface area contributed by atoms with Crippen LogP contribution >= 0.6 is 0 Å². The number of benzene rings is 2. The molecule has 2 N–H and O–H groups in total. The summed E-state index contributed by atoms with van der Waals surface area (Å²) >= 11 is 0. The summed E-state index contributed by atoms with van der Waals surface area (Å²) in [5, 5.41) is 4.10. The highest BCUT2D eigenvalue weighted by Gasteiger charge is 2.18. The molecule has 2 heterocycles. The molecule has 1 unspecified atom stereocenters. The Morgan fingerprint density at radius 1 is 1.04 bits per heavy atom. The maximum atomic E-state index is 6.27. The van der Waals surface area contributed by atoms with Crippen molar-refractivity contribution < 1.29 is 9.26 Å². The smallest absolute Gasteiger partial charge is 0.248 e. The third-order valence-corrected chi connectivity index (χ3v) is 4.87. The number of nitrogens with two attached hydrogens (primary N) is 1. The van der Waals surface area contributed by atoms with Gasteiger partial charge in [0.05, 0.1) is 13.2 Å². The zero-order valence-electron chi connectivity index (χ0n) is 15.5. The van der Waals surface area contributed by atoms with E-state index in [-0.39, 0.29) is 0 Å². The molecule has 0 radical (unpaired) electrons. The van der Waals surface area contributed by atoms with Crippen molar-refractivity contribution in [2.75, 3.05) is 26.3 Å². The topological polar surface area (TPSA) is 77.4 Å². The van der Waals surface area contributed by atoms with E-state index >= 15 is 0 Å². The van der Waals surface area contributed by atoms with E-state index in [2.05, 4.69) is 27.2 Å². The highest BCUT2D eigenvalue weighted by Crippen LogP contribution is 2.23. The minimum Gasteiger partial charge on any atom is -0.379 e. The standard InChI is InChI=1S/C21H24N4O2/c1-15-2-6-17(7-3-15)19(22)21-23-20(24-27-21)18-8-4-16(5-9-18)14-25-10-12-26-13-11-25/h2-9,19H,10-14,22H2,1H3. The predicted octanol–water partition coefficient (Wildman–Crippen LogP) is 2.93. The highest BCUT2D eigenvalue weighted by atomic mass is 16.5. The summed E-state index contributed by atoms with van der Waals surface area (Å²) in [7, 11) is 0. The highest BCUT2D eigenvalue weighted by molar-refractivity contribution is 5.54. The van der Waals surface area contributed by atoms with E-state index in [1.807, 2.05) is 43.3 Å². The molecule has 0 aliphatic carbocycles. The summed E-state index contributed by atoms with van der Waals surface area (Å²) in [5.41, 5.74) is 10.6. The summed E-state index contributed by atoms with van der Waals surface area (Å²) < 4.78 is 10.8. The van der Waals surface area contributed by atoms with E-state index in [1.54, 1.807) is 0 Å². The normalized spacial score (nSPS) is 16.4. The lowest BCUT2D eigenvalue weighted by molar-refractivity contribution is 0.0342. The average molecular weight is 364 g/mol. The third kappa shape index (κ3) is 4.24. The molecule has 0 spiro atoms. The van der Waals surface area contributed by atoms with Crippen LogP contribution in [0.3, 0.4) is 0 Å². The lowest BCUT2D eigenvalue weighted by atomic mass is 10.1. The van der Waals surface area contributed by atoms with Crippen LogP contribution in [0.4, 0.5) is 0 Å². The largest absolute Gasteiger partial charge is 0.379 e. The number of rotatable bonds is 5. The van der Waals surface area contributed by atoms with E-state index in [4.69, 9.17) is 15.0 Å². The first-order valence-electron chi connectivity index (χ1n) is 9.24. The van der Waals surface area contributed by atoms with Gasteiger partial charge in [-0.3, -0.25) is 4.90 Å². The molecule has 3 aromatic rings. The quantitative estimate of drug-likeness (QED) is 0.750. The second kappa shape index (κ2) is 8.00. The maximum Gasteiger partial charge on any atom is 0.248 e. The van der Waals surface area contributed by atoms with Crippen LogP contribution in [0.2, 0.25) is 0 Å². The van der Waals surface area contributed by atoms with Gasteiger partial charge >= 0.3 is 0 Å². The van der Waals surface area contributed by atoms with Gasteiger partial charge in [0.1, 0.15) is 6.04 Å². The van der Waals surface area contributed by atoms with Crippen LogP contribution in [0.25, 0.3) is 11.4 Å². The lowest BCUT2D eigenvalue weighted by Crippen LogP contribution is -2.35. The first-order valence-corrected chi connectivity index (χ1v) is 9.24. The molecule has 1 atom stereocenters. The molecule has 0 bridgehead atoms. The Kier molecular flexibility index (Phi) is 5.29. The zero-order valence-corrected chi connectivity index (χ0v) is 15.5. The average Bonchev–Trinajstić information content (AvgIpc) is 3.20. The van der Waals surface area contributed by atoms with Crippen LogP contribution < -0.4 is 5.73 Å². The van der Waals surface area contributed by atoms with Crippen molar-refractivity contribution in [3.8, 4) is 11.4 Å². The summed E-state index contributed by atoms with van der Waals surface area (Å²) in [4.78, 5) is 6.89. The van der Waals surface area contributed by atoms with E-state index in [0.29, 0.717) is 11.7 Å². The van der Waals surface area contributed by atoms with Crippen LogP contribution in [0.5, 0.6) is 0 Å². The van der Waals surface area contributed by atoms with Crippen molar-refractivity contribution in [3.05, 3.63) is 71.1 Å². The van der Waals surface area contributed by atoms with Gasteiger partial charge in [-0.2, -0.15) is 4.98 Å². The monoisotopic (exact) mass is 364 g/mol. The zero-order chi connectivity index (χ0) is 18.6. The Bertz CT molecular complexity index is 868. The fourth-order valence-corrected chi connectivity index (χ4v) is 3.17. The molecule has 0 saturated carbocycles. The van der Waals surface area contributed by atoms with Crippen molar-refractivity contribution in [1.29, 1.82) is 0 Å². The number of hydrogen-bond acceptors (Lipinski definition) is 6. The minimum atomic E-state index is -0.424. The first kappa shape index (κ1) is 17.9. The van der Waals surface area contributed by atoms with E-state index in [9.17, 15) is 0 Å². The van der Waals surface area contributed by atoms with E-state index in [0.717, 1.165) is 44.0 Å². The van der Waals surface area contributed by atoms with Gasteiger partial charge in [0.25, 0.3) is 0 Å². The Morgan fingerprint density at radius 2 is 1.74 bits per heavy atom. The summed E-state index contributed by atoms with van der Waals surface area (Å²) in [6.45, 7) is 6.55. The van der Waals surface area contributed by atoms with E-state index < -0.39 is 6.04 Å². The molecule has 1 aliphatic rings. The molecule has 27 heavy (non-hydrogen) atoms. The minimum absolute atomic E-state index is 0.422. The van der Waals surface area contributed by atoms with Crippen molar-refractivity contribution in [3.63, 3.8) is 0 Å². The maximum absolute atomic E-state index is 6.27. The number of nitrogens with zero attached hydrogens (tertiary/aromatic N) is 3. The SMILES string of the molecule is Cc1ccc(C(N)c2nc(-c3ccc(CN4CCOCC4)cc3)no2)cc1. The molecule has 2 aromatic carbocycles. The van der Waals surface area contributed by atoms with Gasteiger partial charge in [-0.05, 0) is 18.1 Å². The van der Waals surface area contributed by atoms with Crippen LogP contribution in [0.15, 0.2) is 53.1 Å².